The summed E-state index contributed by atoms with van der Waals surface area (Å²) in [4.78, 5) is 23.2. The number of hydrogen-bond donors (Lipinski definition) is 1. The van der Waals surface area contributed by atoms with E-state index in [4.69, 9.17) is 4.74 Å². The van der Waals surface area contributed by atoms with Gasteiger partial charge in [0.05, 0.1) is 5.54 Å². The molecule has 1 saturated carbocycles. The standard InChI is InChI=1S/C13H21NO3/c1-9(2)10(15)8-13(6-7-13)14-11(16)17-12(3,4)5/h1,6-8H2,2-5H3,(H,14,16). The van der Waals surface area contributed by atoms with Crippen molar-refractivity contribution < 1.29 is 14.3 Å². The second kappa shape index (κ2) is 4.51. The van der Waals surface area contributed by atoms with Gasteiger partial charge in [0.2, 0.25) is 0 Å². The van der Waals surface area contributed by atoms with Gasteiger partial charge in [0.25, 0.3) is 0 Å². The minimum Gasteiger partial charge on any atom is -0.444 e. The summed E-state index contributed by atoms with van der Waals surface area (Å²) in [7, 11) is 0. The summed E-state index contributed by atoms with van der Waals surface area (Å²) >= 11 is 0. The first kappa shape index (κ1) is 13.7. The summed E-state index contributed by atoms with van der Waals surface area (Å²) < 4.78 is 5.17. The molecule has 1 aliphatic rings. The van der Waals surface area contributed by atoms with E-state index in [0.29, 0.717) is 12.0 Å². The number of carbonyl (C=O) groups excluding carboxylic acids is 2. The van der Waals surface area contributed by atoms with E-state index in [-0.39, 0.29) is 5.78 Å². The summed E-state index contributed by atoms with van der Waals surface area (Å²) in [5, 5.41) is 2.79. The third-order valence-electron chi connectivity index (χ3n) is 2.59. The first-order valence-electron chi connectivity index (χ1n) is 5.83. The number of Topliss-reactive ketones (excluding diaryl/α,β-unsaturated/α-hetero) is 1. The Morgan fingerprint density at radius 3 is 2.24 bits per heavy atom. The number of nitrogens with one attached hydrogen (secondary N) is 1. The van der Waals surface area contributed by atoms with Gasteiger partial charge in [-0.25, -0.2) is 4.79 Å². The average molecular weight is 239 g/mol. The summed E-state index contributed by atoms with van der Waals surface area (Å²) in [6, 6.07) is 0. The number of allylic oxidation sites excluding steroid dienone is 1. The topological polar surface area (TPSA) is 55.4 Å². The van der Waals surface area contributed by atoms with Crippen LogP contribution in [0.25, 0.3) is 0 Å². The van der Waals surface area contributed by atoms with Crippen LogP contribution in [0.3, 0.4) is 0 Å². The molecule has 0 aliphatic heterocycles. The fraction of sp³-hybridized carbons (Fsp3) is 0.692. The molecule has 1 amide bonds. The maximum atomic E-state index is 11.6. The van der Waals surface area contributed by atoms with E-state index >= 15 is 0 Å². The molecule has 1 N–H and O–H groups in total. The Morgan fingerprint density at radius 2 is 1.88 bits per heavy atom. The van der Waals surface area contributed by atoms with Gasteiger partial charge in [-0.05, 0) is 46.1 Å². The maximum absolute atomic E-state index is 11.6. The third-order valence-corrected chi connectivity index (χ3v) is 2.59. The summed E-state index contributed by atoms with van der Waals surface area (Å²) in [5.74, 6) is -0.00133. The Morgan fingerprint density at radius 1 is 1.35 bits per heavy atom. The number of ether oxygens (including phenoxy) is 1. The van der Waals surface area contributed by atoms with Gasteiger partial charge in [-0.3, -0.25) is 4.79 Å². The lowest BCUT2D eigenvalue weighted by atomic mass is 10.0. The van der Waals surface area contributed by atoms with Crippen molar-refractivity contribution in [2.75, 3.05) is 0 Å². The van der Waals surface area contributed by atoms with Crippen LogP contribution in [0.4, 0.5) is 4.79 Å². The molecular weight excluding hydrogens is 218 g/mol. The molecule has 1 aliphatic carbocycles. The fourth-order valence-electron chi connectivity index (χ4n) is 1.48. The normalized spacial score (nSPS) is 17.2. The summed E-state index contributed by atoms with van der Waals surface area (Å²) in [5.41, 5.74) is -0.376. The molecule has 0 unspecified atom stereocenters. The third kappa shape index (κ3) is 4.59. The monoisotopic (exact) mass is 239 g/mol. The van der Waals surface area contributed by atoms with Crippen LogP contribution in [-0.2, 0) is 9.53 Å². The second-order valence-corrected chi connectivity index (χ2v) is 5.79. The van der Waals surface area contributed by atoms with Gasteiger partial charge in [-0.2, -0.15) is 0 Å². The molecule has 0 aromatic rings. The van der Waals surface area contributed by atoms with Crippen molar-refractivity contribution in [2.24, 2.45) is 0 Å². The molecule has 4 heteroatoms. The van der Waals surface area contributed by atoms with Crippen molar-refractivity contribution in [3.05, 3.63) is 12.2 Å². The van der Waals surface area contributed by atoms with Crippen LogP contribution < -0.4 is 5.32 Å². The van der Waals surface area contributed by atoms with Gasteiger partial charge in [0.15, 0.2) is 5.78 Å². The fourth-order valence-corrected chi connectivity index (χ4v) is 1.48. The van der Waals surface area contributed by atoms with E-state index in [9.17, 15) is 9.59 Å². The smallest absolute Gasteiger partial charge is 0.408 e. The Kier molecular flexibility index (Phi) is 3.65. The van der Waals surface area contributed by atoms with Crippen molar-refractivity contribution in [1.82, 2.24) is 5.32 Å². The lowest BCUT2D eigenvalue weighted by Gasteiger charge is -2.23. The van der Waals surface area contributed by atoms with Crippen LogP contribution in [0, 0.1) is 0 Å². The maximum Gasteiger partial charge on any atom is 0.408 e. The second-order valence-electron chi connectivity index (χ2n) is 5.79. The van der Waals surface area contributed by atoms with E-state index in [0.717, 1.165) is 12.8 Å². The van der Waals surface area contributed by atoms with E-state index in [1.54, 1.807) is 6.92 Å². The van der Waals surface area contributed by atoms with E-state index in [2.05, 4.69) is 11.9 Å². The first-order chi connectivity index (χ1) is 7.64. The highest BCUT2D eigenvalue weighted by Crippen LogP contribution is 2.39. The van der Waals surface area contributed by atoms with Crippen LogP contribution in [0.2, 0.25) is 0 Å². The number of amides is 1. The number of ketones is 1. The largest absolute Gasteiger partial charge is 0.444 e. The molecule has 0 atom stereocenters. The molecule has 96 valence electrons. The van der Waals surface area contributed by atoms with Crippen LogP contribution in [0.5, 0.6) is 0 Å². The molecule has 1 fully saturated rings. The van der Waals surface area contributed by atoms with Gasteiger partial charge in [0, 0.05) is 6.42 Å². The minimum absolute atomic E-state index is 0.00133. The average Bonchev–Trinajstić information content (AvgIpc) is 2.80. The lowest BCUT2D eigenvalue weighted by molar-refractivity contribution is -0.116. The van der Waals surface area contributed by atoms with Gasteiger partial charge in [0.1, 0.15) is 5.60 Å². The zero-order valence-electron chi connectivity index (χ0n) is 11.1. The minimum atomic E-state index is -0.515. The predicted molar refractivity (Wildman–Crippen MR) is 65.8 cm³/mol. The van der Waals surface area contributed by atoms with Crippen molar-refractivity contribution in [1.29, 1.82) is 0 Å². The van der Waals surface area contributed by atoms with Crippen LogP contribution in [0.15, 0.2) is 12.2 Å². The van der Waals surface area contributed by atoms with Gasteiger partial charge in [-0.1, -0.05) is 6.58 Å². The van der Waals surface area contributed by atoms with Crippen LogP contribution in [0.1, 0.15) is 47.0 Å². The van der Waals surface area contributed by atoms with E-state index in [1.807, 2.05) is 20.8 Å². The number of alkyl carbamates (subject to hydrolysis) is 1. The quantitative estimate of drug-likeness (QED) is 0.767. The molecule has 0 aromatic carbocycles. The Balaban J connectivity index is 2.48. The number of hydrogen-bond acceptors (Lipinski definition) is 3. The Labute approximate surface area is 102 Å². The van der Waals surface area contributed by atoms with Gasteiger partial charge >= 0.3 is 6.09 Å². The van der Waals surface area contributed by atoms with Gasteiger partial charge < -0.3 is 10.1 Å². The molecule has 17 heavy (non-hydrogen) atoms. The van der Waals surface area contributed by atoms with Crippen LogP contribution >= 0.6 is 0 Å². The van der Waals surface area contributed by atoms with Gasteiger partial charge in [-0.15, -0.1) is 0 Å². The highest BCUT2D eigenvalue weighted by molar-refractivity contribution is 5.95. The molecule has 0 saturated heterocycles. The number of rotatable bonds is 4. The molecule has 0 radical (unpaired) electrons. The summed E-state index contributed by atoms with van der Waals surface area (Å²) in [6.45, 7) is 10.7. The highest BCUT2D eigenvalue weighted by atomic mass is 16.6. The molecule has 4 nitrogen and oxygen atoms in total. The van der Waals surface area contributed by atoms with Crippen molar-refractivity contribution in [3.8, 4) is 0 Å². The van der Waals surface area contributed by atoms with E-state index in [1.165, 1.54) is 0 Å². The summed E-state index contributed by atoms with van der Waals surface area (Å²) in [6.07, 6.45) is 1.52. The molecule has 0 aromatic heterocycles. The predicted octanol–water partition coefficient (Wildman–Crippen LogP) is 2.58. The molecule has 1 rings (SSSR count). The van der Waals surface area contributed by atoms with Crippen molar-refractivity contribution >= 4 is 11.9 Å². The Bertz CT molecular complexity index is 348. The Hall–Kier alpha value is -1.32. The molecule has 0 bridgehead atoms. The zero-order chi connectivity index (χ0) is 13.3. The van der Waals surface area contributed by atoms with E-state index < -0.39 is 17.2 Å². The molecule has 0 spiro atoms. The molecular formula is C13H21NO3. The van der Waals surface area contributed by atoms with Crippen molar-refractivity contribution in [2.45, 2.75) is 58.1 Å². The zero-order valence-corrected chi connectivity index (χ0v) is 11.1. The molecule has 0 heterocycles. The van der Waals surface area contributed by atoms with Crippen LogP contribution in [-0.4, -0.2) is 23.0 Å². The first-order valence-corrected chi connectivity index (χ1v) is 5.83. The lowest BCUT2D eigenvalue weighted by Crippen LogP contribution is -2.41. The highest BCUT2D eigenvalue weighted by Gasteiger charge is 2.46. The SMILES string of the molecule is C=C(C)C(=O)CC1(NC(=O)OC(C)(C)C)CC1. The van der Waals surface area contributed by atoms with Crippen molar-refractivity contribution in [3.63, 3.8) is 0 Å². The number of carbonyl (C=O) groups is 2.